The molecular formula is C19H21BrN2O3. The van der Waals surface area contributed by atoms with Crippen molar-refractivity contribution in [1.29, 1.82) is 0 Å². The topological polar surface area (TPSA) is 59.9 Å². The van der Waals surface area contributed by atoms with Gasteiger partial charge in [0.25, 0.3) is 5.91 Å². The lowest BCUT2D eigenvalue weighted by molar-refractivity contribution is 0.0955. The Hall–Kier alpha value is -2.34. The van der Waals surface area contributed by atoms with Crippen molar-refractivity contribution < 1.29 is 14.3 Å². The van der Waals surface area contributed by atoms with Gasteiger partial charge in [-0.05, 0) is 53.5 Å². The van der Waals surface area contributed by atoms with Crippen molar-refractivity contribution >= 4 is 28.1 Å². The highest BCUT2D eigenvalue weighted by Gasteiger charge is 2.10. The summed E-state index contributed by atoms with van der Waals surface area (Å²) in [6.45, 7) is 5.11. The molecule has 5 nitrogen and oxygen atoms in total. The number of hydrogen-bond donors (Lipinski definition) is 1. The minimum atomic E-state index is -0.263. The van der Waals surface area contributed by atoms with Crippen molar-refractivity contribution in [2.75, 3.05) is 13.2 Å². The van der Waals surface area contributed by atoms with Crippen LogP contribution in [0.5, 0.6) is 11.5 Å². The first-order valence-electron chi connectivity index (χ1n) is 8.13. The zero-order chi connectivity index (χ0) is 18.1. The second kappa shape index (κ2) is 9.84. The summed E-state index contributed by atoms with van der Waals surface area (Å²) in [5, 5.41) is 4.02. The molecule has 1 N–H and O–H groups in total. The molecule has 2 aromatic carbocycles. The van der Waals surface area contributed by atoms with Crippen LogP contribution in [0.3, 0.4) is 0 Å². The lowest BCUT2D eigenvalue weighted by atomic mass is 10.2. The molecule has 0 bridgehead atoms. The zero-order valence-corrected chi connectivity index (χ0v) is 15.9. The summed E-state index contributed by atoms with van der Waals surface area (Å²) < 4.78 is 12.1. The number of hydrogen-bond acceptors (Lipinski definition) is 4. The van der Waals surface area contributed by atoms with Gasteiger partial charge in [-0.25, -0.2) is 5.43 Å². The van der Waals surface area contributed by atoms with Crippen molar-refractivity contribution in [3.63, 3.8) is 0 Å². The fourth-order valence-electron chi connectivity index (χ4n) is 2.06. The van der Waals surface area contributed by atoms with Crippen LogP contribution in [0.15, 0.2) is 52.0 Å². The molecule has 0 heterocycles. The average Bonchev–Trinajstić information content (AvgIpc) is 2.63. The molecule has 0 spiro atoms. The van der Waals surface area contributed by atoms with Crippen LogP contribution in [-0.2, 0) is 0 Å². The van der Waals surface area contributed by atoms with E-state index in [1.165, 1.54) is 0 Å². The van der Waals surface area contributed by atoms with E-state index in [4.69, 9.17) is 9.47 Å². The fourth-order valence-corrected chi connectivity index (χ4v) is 2.48. The zero-order valence-electron chi connectivity index (χ0n) is 14.3. The van der Waals surface area contributed by atoms with Gasteiger partial charge in [-0.3, -0.25) is 4.79 Å². The Bertz CT molecular complexity index is 733. The molecule has 0 atom stereocenters. The summed E-state index contributed by atoms with van der Waals surface area (Å²) in [4.78, 5) is 12.0. The largest absolute Gasteiger partial charge is 0.490 e. The number of carbonyl (C=O) groups excluding carboxylic acids is 1. The monoisotopic (exact) mass is 404 g/mol. The van der Waals surface area contributed by atoms with Gasteiger partial charge in [-0.15, -0.1) is 0 Å². The molecule has 0 radical (unpaired) electrons. The van der Waals surface area contributed by atoms with Crippen LogP contribution in [0.4, 0.5) is 0 Å². The predicted octanol–water partition coefficient (Wildman–Crippen LogP) is 4.40. The highest BCUT2D eigenvalue weighted by molar-refractivity contribution is 9.10. The van der Waals surface area contributed by atoms with E-state index in [0.717, 1.165) is 16.5 Å². The number of nitrogens with one attached hydrogen (secondary N) is 1. The fraction of sp³-hybridized carbons (Fsp3) is 0.263. The standard InChI is InChI=1S/C19H21BrN2O3/c1-3-10-25-18-12-16(20)15(11-17(18)24-4-2)13-21-22-19(23)14-8-6-5-7-9-14/h5-9,11-13H,3-4,10H2,1-2H3,(H,22,23). The molecule has 2 rings (SSSR count). The molecule has 0 aromatic heterocycles. The van der Waals surface area contributed by atoms with Gasteiger partial charge < -0.3 is 9.47 Å². The second-order valence-electron chi connectivity index (χ2n) is 5.17. The van der Waals surface area contributed by atoms with Crippen LogP contribution in [-0.4, -0.2) is 25.3 Å². The van der Waals surface area contributed by atoms with Crippen LogP contribution in [0, 0.1) is 0 Å². The van der Waals surface area contributed by atoms with E-state index in [2.05, 4.69) is 26.5 Å². The third kappa shape index (κ3) is 5.60. The van der Waals surface area contributed by atoms with E-state index in [0.29, 0.717) is 30.3 Å². The first-order valence-corrected chi connectivity index (χ1v) is 8.92. The van der Waals surface area contributed by atoms with Crippen LogP contribution in [0.25, 0.3) is 0 Å². The molecule has 0 aliphatic carbocycles. The maximum Gasteiger partial charge on any atom is 0.271 e. The molecule has 0 saturated heterocycles. The van der Waals surface area contributed by atoms with Crippen molar-refractivity contribution in [3.8, 4) is 11.5 Å². The molecule has 2 aromatic rings. The number of carbonyl (C=O) groups is 1. The van der Waals surface area contributed by atoms with Crippen molar-refractivity contribution in [2.24, 2.45) is 5.10 Å². The van der Waals surface area contributed by atoms with Crippen LogP contribution in [0.2, 0.25) is 0 Å². The van der Waals surface area contributed by atoms with Crippen molar-refractivity contribution in [2.45, 2.75) is 20.3 Å². The molecule has 0 saturated carbocycles. The van der Waals surface area contributed by atoms with Gasteiger partial charge in [0.1, 0.15) is 0 Å². The van der Waals surface area contributed by atoms with Gasteiger partial charge in [0.05, 0.1) is 19.4 Å². The van der Waals surface area contributed by atoms with Gasteiger partial charge in [0.15, 0.2) is 11.5 Å². The first-order chi connectivity index (χ1) is 12.2. The molecule has 0 fully saturated rings. The van der Waals surface area contributed by atoms with Gasteiger partial charge in [-0.1, -0.05) is 25.1 Å². The Kier molecular flexibility index (Phi) is 7.47. The van der Waals surface area contributed by atoms with Crippen LogP contribution >= 0.6 is 15.9 Å². The number of halogens is 1. The SMILES string of the molecule is CCCOc1cc(Br)c(C=NNC(=O)c2ccccc2)cc1OCC. The quantitative estimate of drug-likeness (QED) is 0.523. The van der Waals surface area contributed by atoms with E-state index in [1.807, 2.05) is 32.0 Å². The van der Waals surface area contributed by atoms with E-state index in [1.54, 1.807) is 30.5 Å². The molecule has 0 aliphatic heterocycles. The molecule has 0 unspecified atom stereocenters. The van der Waals surface area contributed by atoms with E-state index >= 15 is 0 Å². The number of amides is 1. The highest BCUT2D eigenvalue weighted by Crippen LogP contribution is 2.33. The minimum absolute atomic E-state index is 0.263. The molecule has 132 valence electrons. The number of benzene rings is 2. The normalized spacial score (nSPS) is 10.7. The number of ether oxygens (including phenoxy) is 2. The average molecular weight is 405 g/mol. The summed E-state index contributed by atoms with van der Waals surface area (Å²) in [5.74, 6) is 1.07. The van der Waals surface area contributed by atoms with Crippen LogP contribution in [0.1, 0.15) is 36.2 Å². The summed E-state index contributed by atoms with van der Waals surface area (Å²) in [7, 11) is 0. The highest BCUT2D eigenvalue weighted by atomic mass is 79.9. The summed E-state index contributed by atoms with van der Waals surface area (Å²) in [6.07, 6.45) is 2.48. The molecule has 6 heteroatoms. The van der Waals surface area contributed by atoms with Crippen molar-refractivity contribution in [3.05, 3.63) is 58.1 Å². The Morgan fingerprint density at radius 2 is 1.88 bits per heavy atom. The Balaban J connectivity index is 2.12. The summed E-state index contributed by atoms with van der Waals surface area (Å²) in [6, 6.07) is 12.6. The summed E-state index contributed by atoms with van der Waals surface area (Å²) in [5.41, 5.74) is 3.84. The number of nitrogens with zero attached hydrogens (tertiary/aromatic N) is 1. The third-order valence-corrected chi connectivity index (χ3v) is 3.92. The van der Waals surface area contributed by atoms with E-state index in [-0.39, 0.29) is 5.91 Å². The van der Waals surface area contributed by atoms with E-state index in [9.17, 15) is 4.79 Å². The molecular weight excluding hydrogens is 384 g/mol. The predicted molar refractivity (Wildman–Crippen MR) is 103 cm³/mol. The van der Waals surface area contributed by atoms with Gasteiger partial charge in [0.2, 0.25) is 0 Å². The van der Waals surface area contributed by atoms with Gasteiger partial charge >= 0.3 is 0 Å². The first kappa shape index (κ1) is 19.0. The number of hydrazone groups is 1. The van der Waals surface area contributed by atoms with Crippen LogP contribution < -0.4 is 14.9 Å². The molecule has 0 aliphatic rings. The summed E-state index contributed by atoms with van der Waals surface area (Å²) >= 11 is 3.50. The third-order valence-electron chi connectivity index (χ3n) is 3.23. The lowest BCUT2D eigenvalue weighted by Gasteiger charge is -2.13. The smallest absolute Gasteiger partial charge is 0.271 e. The Morgan fingerprint density at radius 3 is 2.56 bits per heavy atom. The lowest BCUT2D eigenvalue weighted by Crippen LogP contribution is -2.17. The maximum atomic E-state index is 12.0. The minimum Gasteiger partial charge on any atom is -0.490 e. The van der Waals surface area contributed by atoms with Gasteiger partial charge in [-0.2, -0.15) is 5.10 Å². The maximum absolute atomic E-state index is 12.0. The van der Waals surface area contributed by atoms with E-state index < -0.39 is 0 Å². The molecule has 25 heavy (non-hydrogen) atoms. The van der Waals surface area contributed by atoms with Crippen molar-refractivity contribution in [1.82, 2.24) is 5.43 Å². The molecule has 1 amide bonds. The Morgan fingerprint density at radius 1 is 1.16 bits per heavy atom. The number of rotatable bonds is 8. The second-order valence-corrected chi connectivity index (χ2v) is 6.02. The Labute approximate surface area is 156 Å². The van der Waals surface area contributed by atoms with Gasteiger partial charge in [0, 0.05) is 15.6 Å².